The highest BCUT2D eigenvalue weighted by Crippen LogP contribution is 2.10. The van der Waals surface area contributed by atoms with Gasteiger partial charge in [-0.25, -0.2) is 0 Å². The van der Waals surface area contributed by atoms with Crippen LogP contribution in [0.4, 0.5) is 0 Å². The molecule has 0 radical (unpaired) electrons. The van der Waals surface area contributed by atoms with Gasteiger partial charge in [-0.2, -0.15) is 0 Å². The molecule has 1 aliphatic heterocycles. The maximum Gasteiger partial charge on any atom is 0.270 e. The molecule has 6 nitrogen and oxygen atoms in total. The lowest BCUT2D eigenvalue weighted by Crippen LogP contribution is -2.48. The molecule has 1 fully saturated rings. The second-order valence-corrected chi connectivity index (χ2v) is 6.32. The quantitative estimate of drug-likeness (QED) is 0.891. The molecular weight excluding hydrogens is 328 g/mol. The van der Waals surface area contributed by atoms with Gasteiger partial charge in [-0.3, -0.25) is 14.6 Å². The van der Waals surface area contributed by atoms with E-state index >= 15 is 0 Å². The van der Waals surface area contributed by atoms with Crippen LogP contribution in [0.5, 0.6) is 0 Å². The Hall–Kier alpha value is -2.73. The average Bonchev–Trinajstić information content (AvgIpc) is 2.72. The minimum absolute atomic E-state index is 0.0414. The number of nitrogens with zero attached hydrogens (tertiary/aromatic N) is 3. The fraction of sp³-hybridized carbons (Fsp3) is 0.350. The van der Waals surface area contributed by atoms with Crippen molar-refractivity contribution in [3.8, 4) is 0 Å². The number of rotatable bonds is 5. The first kappa shape index (κ1) is 18.1. The predicted octanol–water partition coefficient (Wildman–Crippen LogP) is 1.79. The number of aromatic nitrogens is 1. The number of hydrogen-bond donors (Lipinski definition) is 1. The summed E-state index contributed by atoms with van der Waals surface area (Å²) in [5.41, 5.74) is 1.79. The number of piperazine rings is 1. The van der Waals surface area contributed by atoms with Gasteiger partial charge in [0.1, 0.15) is 5.69 Å². The van der Waals surface area contributed by atoms with E-state index in [-0.39, 0.29) is 17.5 Å². The Balaban J connectivity index is 1.62. The molecule has 0 unspecified atom stereocenters. The summed E-state index contributed by atoms with van der Waals surface area (Å²) in [5.74, 6) is -0.320. The van der Waals surface area contributed by atoms with Crippen molar-refractivity contribution >= 4 is 11.8 Å². The predicted molar refractivity (Wildman–Crippen MR) is 99.9 cm³/mol. The summed E-state index contributed by atoms with van der Waals surface area (Å²) in [6.45, 7) is 6.76. The maximum absolute atomic E-state index is 12.7. The van der Waals surface area contributed by atoms with Gasteiger partial charge in [-0.05, 0) is 24.2 Å². The summed E-state index contributed by atoms with van der Waals surface area (Å²) in [6.07, 6.45) is 1.52. The van der Waals surface area contributed by atoms with E-state index in [1.165, 1.54) is 6.20 Å². The molecule has 3 rings (SSSR count). The third-order valence-electron chi connectivity index (χ3n) is 4.64. The minimum Gasteiger partial charge on any atom is -0.347 e. The maximum atomic E-state index is 12.7. The van der Waals surface area contributed by atoms with E-state index in [1.807, 2.05) is 35.2 Å². The molecule has 2 aromatic rings. The molecule has 2 heterocycles. The van der Waals surface area contributed by atoms with Crippen molar-refractivity contribution in [2.24, 2.45) is 0 Å². The van der Waals surface area contributed by atoms with Crippen molar-refractivity contribution in [3.63, 3.8) is 0 Å². The summed E-state index contributed by atoms with van der Waals surface area (Å²) >= 11 is 0. The number of likely N-dealkylation sites (N-methyl/N-ethyl adjacent to an activating group) is 1. The first-order chi connectivity index (χ1) is 12.7. The number of benzene rings is 1. The van der Waals surface area contributed by atoms with Crippen LogP contribution in [0, 0.1) is 0 Å². The number of hydrogen-bond acceptors (Lipinski definition) is 4. The Morgan fingerprint density at radius 3 is 2.50 bits per heavy atom. The van der Waals surface area contributed by atoms with Crippen LogP contribution in [0.15, 0.2) is 48.7 Å². The molecule has 0 bridgehead atoms. The normalized spacial score (nSPS) is 14.9. The van der Waals surface area contributed by atoms with E-state index in [1.54, 1.807) is 12.1 Å². The van der Waals surface area contributed by atoms with Crippen LogP contribution < -0.4 is 5.32 Å². The molecule has 136 valence electrons. The van der Waals surface area contributed by atoms with Gasteiger partial charge in [0.15, 0.2) is 0 Å². The Bertz CT molecular complexity index is 755. The number of amides is 2. The van der Waals surface area contributed by atoms with Crippen molar-refractivity contribution in [2.75, 3.05) is 32.7 Å². The van der Waals surface area contributed by atoms with Gasteiger partial charge in [0.25, 0.3) is 11.8 Å². The highest BCUT2D eigenvalue weighted by Gasteiger charge is 2.22. The van der Waals surface area contributed by atoms with E-state index in [9.17, 15) is 9.59 Å². The van der Waals surface area contributed by atoms with Crippen LogP contribution in [0.3, 0.4) is 0 Å². The number of carbonyl (C=O) groups is 2. The van der Waals surface area contributed by atoms with E-state index in [0.29, 0.717) is 25.2 Å². The minimum atomic E-state index is -0.278. The van der Waals surface area contributed by atoms with Crippen LogP contribution >= 0.6 is 0 Å². The van der Waals surface area contributed by atoms with Gasteiger partial charge in [-0.1, -0.05) is 37.3 Å². The number of pyridine rings is 1. The van der Waals surface area contributed by atoms with Crippen molar-refractivity contribution in [1.82, 2.24) is 20.1 Å². The molecule has 1 aromatic carbocycles. The fourth-order valence-electron chi connectivity index (χ4n) is 3.01. The van der Waals surface area contributed by atoms with Gasteiger partial charge in [0.05, 0.1) is 0 Å². The summed E-state index contributed by atoms with van der Waals surface area (Å²) in [7, 11) is 0. The van der Waals surface area contributed by atoms with Gasteiger partial charge in [0, 0.05) is 44.5 Å². The van der Waals surface area contributed by atoms with E-state index in [4.69, 9.17) is 0 Å². The van der Waals surface area contributed by atoms with E-state index < -0.39 is 0 Å². The highest BCUT2D eigenvalue weighted by molar-refractivity contribution is 5.98. The zero-order valence-corrected chi connectivity index (χ0v) is 15.0. The molecule has 0 spiro atoms. The summed E-state index contributed by atoms with van der Waals surface area (Å²) < 4.78 is 0. The Morgan fingerprint density at radius 2 is 1.81 bits per heavy atom. The Morgan fingerprint density at radius 1 is 1.08 bits per heavy atom. The second kappa shape index (κ2) is 8.58. The van der Waals surface area contributed by atoms with Gasteiger partial charge >= 0.3 is 0 Å². The van der Waals surface area contributed by atoms with Crippen LogP contribution in [-0.4, -0.2) is 59.3 Å². The third kappa shape index (κ3) is 4.46. The molecule has 1 N–H and O–H groups in total. The molecule has 1 saturated heterocycles. The highest BCUT2D eigenvalue weighted by atomic mass is 16.2. The average molecular weight is 352 g/mol. The molecule has 0 atom stereocenters. The molecule has 2 amide bonds. The lowest BCUT2D eigenvalue weighted by atomic mass is 10.1. The smallest absolute Gasteiger partial charge is 0.270 e. The molecular formula is C20H24N4O2. The zero-order chi connectivity index (χ0) is 18.4. The first-order valence-corrected chi connectivity index (χ1v) is 8.97. The largest absolute Gasteiger partial charge is 0.347 e. The van der Waals surface area contributed by atoms with Crippen LogP contribution in [0.2, 0.25) is 0 Å². The topological polar surface area (TPSA) is 65.5 Å². The van der Waals surface area contributed by atoms with Gasteiger partial charge < -0.3 is 15.1 Å². The van der Waals surface area contributed by atoms with Crippen LogP contribution in [-0.2, 0) is 6.54 Å². The van der Waals surface area contributed by atoms with E-state index in [0.717, 1.165) is 25.2 Å². The Labute approximate surface area is 153 Å². The van der Waals surface area contributed by atoms with Crippen molar-refractivity contribution in [1.29, 1.82) is 0 Å². The number of carbonyl (C=O) groups excluding carboxylic acids is 2. The van der Waals surface area contributed by atoms with Crippen molar-refractivity contribution in [2.45, 2.75) is 13.5 Å². The molecule has 6 heteroatoms. The molecule has 1 aliphatic rings. The molecule has 1 aromatic heterocycles. The van der Waals surface area contributed by atoms with Gasteiger partial charge in [-0.15, -0.1) is 0 Å². The molecule has 0 saturated carbocycles. The third-order valence-corrected chi connectivity index (χ3v) is 4.64. The lowest BCUT2D eigenvalue weighted by molar-refractivity contribution is 0.0643. The summed E-state index contributed by atoms with van der Waals surface area (Å²) in [6, 6.07) is 12.9. The van der Waals surface area contributed by atoms with E-state index in [2.05, 4.69) is 22.1 Å². The van der Waals surface area contributed by atoms with Gasteiger partial charge in [0.2, 0.25) is 0 Å². The van der Waals surface area contributed by atoms with Crippen LogP contribution in [0.1, 0.15) is 33.3 Å². The fourth-order valence-corrected chi connectivity index (χ4v) is 3.01. The SMILES string of the molecule is CCN1CCN(C(=O)c2ccnc(C(=O)NCc3ccccc3)c2)CC1. The molecule has 26 heavy (non-hydrogen) atoms. The first-order valence-electron chi connectivity index (χ1n) is 8.97. The van der Waals surface area contributed by atoms with Crippen molar-refractivity contribution < 1.29 is 9.59 Å². The monoisotopic (exact) mass is 352 g/mol. The number of nitrogens with one attached hydrogen (secondary N) is 1. The standard InChI is InChI=1S/C20H24N4O2/c1-2-23-10-12-24(13-11-23)20(26)17-8-9-21-18(14-17)19(25)22-15-16-6-4-3-5-7-16/h3-9,14H,2,10-13,15H2,1H3,(H,22,25). The molecule has 0 aliphatic carbocycles. The van der Waals surface area contributed by atoms with Crippen molar-refractivity contribution in [3.05, 3.63) is 65.5 Å². The summed E-state index contributed by atoms with van der Waals surface area (Å²) in [4.78, 5) is 33.3. The van der Waals surface area contributed by atoms with Crippen LogP contribution in [0.25, 0.3) is 0 Å². The zero-order valence-electron chi connectivity index (χ0n) is 15.0. The summed E-state index contributed by atoms with van der Waals surface area (Å²) in [5, 5.41) is 2.84. The Kier molecular flexibility index (Phi) is 5.96. The lowest BCUT2D eigenvalue weighted by Gasteiger charge is -2.34. The second-order valence-electron chi connectivity index (χ2n) is 6.32.